The third-order valence-electron chi connectivity index (χ3n) is 4.74. The molecule has 3 rings (SSSR count). The van der Waals surface area contributed by atoms with Crippen LogP contribution >= 0.6 is 0 Å². The molecule has 0 bridgehead atoms. The van der Waals surface area contributed by atoms with E-state index < -0.39 is 0 Å². The lowest BCUT2D eigenvalue weighted by Crippen LogP contribution is -2.37. The minimum atomic E-state index is 0.0667. The number of hydrogen-bond acceptors (Lipinski definition) is 3. The molecule has 1 aliphatic rings. The zero-order valence-electron chi connectivity index (χ0n) is 14.8. The summed E-state index contributed by atoms with van der Waals surface area (Å²) < 4.78 is 5.85. The Labute approximate surface area is 149 Å². The lowest BCUT2D eigenvalue weighted by Gasteiger charge is -2.27. The first-order valence-corrected chi connectivity index (χ1v) is 8.99. The quantitative estimate of drug-likeness (QED) is 0.907. The summed E-state index contributed by atoms with van der Waals surface area (Å²) in [6.07, 6.45) is 3.17. The first kappa shape index (κ1) is 17.5. The predicted octanol–water partition coefficient (Wildman–Crippen LogP) is 3.48. The third-order valence-corrected chi connectivity index (χ3v) is 4.74. The topological polar surface area (TPSA) is 41.6 Å². The number of rotatable bonds is 5. The van der Waals surface area contributed by atoms with E-state index in [1.807, 2.05) is 66.5 Å². The molecule has 0 radical (unpaired) electrons. The summed E-state index contributed by atoms with van der Waals surface area (Å²) in [7, 11) is 1.91. The maximum Gasteiger partial charge on any atom is 0.253 e. The van der Waals surface area contributed by atoms with Crippen molar-refractivity contribution >= 4 is 5.91 Å². The second-order valence-corrected chi connectivity index (χ2v) is 6.55. The van der Waals surface area contributed by atoms with E-state index in [-0.39, 0.29) is 5.91 Å². The van der Waals surface area contributed by atoms with Gasteiger partial charge in [-0.05, 0) is 56.1 Å². The predicted molar refractivity (Wildman–Crippen MR) is 99.8 cm³/mol. The fourth-order valence-electron chi connectivity index (χ4n) is 3.22. The Morgan fingerprint density at radius 2 is 1.96 bits per heavy atom. The van der Waals surface area contributed by atoms with E-state index in [0.717, 1.165) is 43.7 Å². The molecule has 0 aliphatic carbocycles. The molecule has 4 nitrogen and oxygen atoms in total. The number of nitrogens with zero attached hydrogens (tertiary/aromatic N) is 1. The van der Waals surface area contributed by atoms with Gasteiger partial charge in [0.2, 0.25) is 0 Å². The Morgan fingerprint density at radius 1 is 1.12 bits per heavy atom. The van der Waals surface area contributed by atoms with Crippen LogP contribution in [-0.2, 0) is 6.61 Å². The van der Waals surface area contributed by atoms with E-state index in [2.05, 4.69) is 5.32 Å². The van der Waals surface area contributed by atoms with Crippen LogP contribution in [0.4, 0.5) is 0 Å². The molecule has 1 amide bonds. The maximum atomic E-state index is 12.8. The lowest BCUT2D eigenvalue weighted by atomic mass is 10.1. The van der Waals surface area contributed by atoms with E-state index in [0.29, 0.717) is 18.2 Å². The van der Waals surface area contributed by atoms with Gasteiger partial charge in [-0.15, -0.1) is 0 Å². The van der Waals surface area contributed by atoms with Gasteiger partial charge in [0.05, 0.1) is 0 Å². The number of carbonyl (C=O) groups excluding carboxylic acids is 1. The highest BCUT2D eigenvalue weighted by molar-refractivity contribution is 5.94. The van der Waals surface area contributed by atoms with E-state index in [9.17, 15) is 4.79 Å². The van der Waals surface area contributed by atoms with Gasteiger partial charge in [-0.3, -0.25) is 4.79 Å². The van der Waals surface area contributed by atoms with Crippen LogP contribution in [0.5, 0.6) is 5.75 Å². The summed E-state index contributed by atoms with van der Waals surface area (Å²) in [4.78, 5) is 14.7. The standard InChI is InChI=1S/C21H26N2O2/c1-23(19-10-6-13-22-14-12-19)21(24)18-9-5-11-20(15-18)25-16-17-7-3-2-4-8-17/h2-5,7-9,11,15,19,22H,6,10,12-14,16H2,1H3. The zero-order chi connectivity index (χ0) is 17.5. The summed E-state index contributed by atoms with van der Waals surface area (Å²) in [5, 5.41) is 3.39. The first-order valence-electron chi connectivity index (χ1n) is 8.99. The summed E-state index contributed by atoms with van der Waals surface area (Å²) in [6.45, 7) is 2.52. The van der Waals surface area contributed by atoms with Crippen LogP contribution < -0.4 is 10.1 Å². The van der Waals surface area contributed by atoms with Crippen molar-refractivity contribution in [1.29, 1.82) is 0 Å². The zero-order valence-corrected chi connectivity index (χ0v) is 14.8. The third kappa shape index (κ3) is 4.83. The molecule has 2 aromatic rings. The van der Waals surface area contributed by atoms with Gasteiger partial charge in [0.25, 0.3) is 5.91 Å². The highest BCUT2D eigenvalue weighted by Crippen LogP contribution is 2.19. The number of amides is 1. The Bertz CT molecular complexity index is 679. The summed E-state index contributed by atoms with van der Waals surface area (Å²) in [6, 6.07) is 17.8. The van der Waals surface area contributed by atoms with Crippen LogP contribution in [0.3, 0.4) is 0 Å². The van der Waals surface area contributed by atoms with Crippen molar-refractivity contribution in [2.24, 2.45) is 0 Å². The minimum Gasteiger partial charge on any atom is -0.489 e. The second kappa shape index (κ2) is 8.67. The van der Waals surface area contributed by atoms with E-state index in [1.165, 1.54) is 0 Å². The van der Waals surface area contributed by atoms with Gasteiger partial charge in [-0.25, -0.2) is 0 Å². The number of hydrogen-bond donors (Lipinski definition) is 1. The molecule has 1 fully saturated rings. The molecule has 1 saturated heterocycles. The smallest absolute Gasteiger partial charge is 0.253 e. The van der Waals surface area contributed by atoms with E-state index >= 15 is 0 Å². The van der Waals surface area contributed by atoms with Crippen LogP contribution in [0.2, 0.25) is 0 Å². The Morgan fingerprint density at radius 3 is 2.80 bits per heavy atom. The maximum absolute atomic E-state index is 12.8. The van der Waals surface area contributed by atoms with Gasteiger partial charge in [0.15, 0.2) is 0 Å². The van der Waals surface area contributed by atoms with Crippen molar-refractivity contribution in [3.63, 3.8) is 0 Å². The molecule has 2 aromatic carbocycles. The number of ether oxygens (including phenoxy) is 1. The first-order chi connectivity index (χ1) is 12.2. The average molecular weight is 338 g/mol. The number of benzene rings is 2. The second-order valence-electron chi connectivity index (χ2n) is 6.55. The van der Waals surface area contributed by atoms with Gasteiger partial charge in [0.1, 0.15) is 12.4 Å². The number of carbonyl (C=O) groups is 1. The molecule has 0 spiro atoms. The molecule has 4 heteroatoms. The highest BCUT2D eigenvalue weighted by Gasteiger charge is 2.22. The van der Waals surface area contributed by atoms with E-state index in [4.69, 9.17) is 4.74 Å². The minimum absolute atomic E-state index is 0.0667. The summed E-state index contributed by atoms with van der Waals surface area (Å²) in [5.74, 6) is 0.794. The largest absolute Gasteiger partial charge is 0.489 e. The monoisotopic (exact) mass is 338 g/mol. The van der Waals surface area contributed by atoms with Gasteiger partial charge in [-0.1, -0.05) is 36.4 Å². The van der Waals surface area contributed by atoms with Crippen molar-refractivity contribution in [2.75, 3.05) is 20.1 Å². The molecule has 1 atom stereocenters. The summed E-state index contributed by atoms with van der Waals surface area (Å²) in [5.41, 5.74) is 1.80. The van der Waals surface area contributed by atoms with Crippen molar-refractivity contribution in [2.45, 2.75) is 31.9 Å². The molecule has 25 heavy (non-hydrogen) atoms. The van der Waals surface area contributed by atoms with Gasteiger partial charge in [0, 0.05) is 18.7 Å². The fraction of sp³-hybridized carbons (Fsp3) is 0.381. The molecule has 1 heterocycles. The van der Waals surface area contributed by atoms with Crippen molar-refractivity contribution in [3.05, 3.63) is 65.7 Å². The van der Waals surface area contributed by atoms with Crippen LogP contribution in [0.25, 0.3) is 0 Å². The molecular weight excluding hydrogens is 312 g/mol. The molecular formula is C21H26N2O2. The normalized spacial score (nSPS) is 17.6. The van der Waals surface area contributed by atoms with E-state index in [1.54, 1.807) is 0 Å². The molecule has 1 N–H and O–H groups in total. The van der Waals surface area contributed by atoms with Crippen LogP contribution in [0.15, 0.2) is 54.6 Å². The van der Waals surface area contributed by atoms with Gasteiger partial charge < -0.3 is 15.0 Å². The molecule has 1 aliphatic heterocycles. The van der Waals surface area contributed by atoms with Crippen molar-refractivity contribution in [3.8, 4) is 5.75 Å². The Balaban J connectivity index is 1.64. The Hall–Kier alpha value is -2.33. The fourth-order valence-corrected chi connectivity index (χ4v) is 3.22. The Kier molecular flexibility index (Phi) is 6.07. The summed E-state index contributed by atoms with van der Waals surface area (Å²) >= 11 is 0. The van der Waals surface area contributed by atoms with Crippen molar-refractivity contribution < 1.29 is 9.53 Å². The lowest BCUT2D eigenvalue weighted by molar-refractivity contribution is 0.0720. The van der Waals surface area contributed by atoms with Crippen LogP contribution in [0.1, 0.15) is 35.2 Å². The van der Waals surface area contributed by atoms with Crippen LogP contribution in [0, 0.1) is 0 Å². The molecule has 1 unspecified atom stereocenters. The highest BCUT2D eigenvalue weighted by atomic mass is 16.5. The van der Waals surface area contributed by atoms with Crippen LogP contribution in [-0.4, -0.2) is 37.0 Å². The number of nitrogens with one attached hydrogen (secondary N) is 1. The average Bonchev–Trinajstić information content (AvgIpc) is 2.96. The van der Waals surface area contributed by atoms with Gasteiger partial charge in [-0.2, -0.15) is 0 Å². The van der Waals surface area contributed by atoms with Crippen molar-refractivity contribution in [1.82, 2.24) is 10.2 Å². The molecule has 0 saturated carbocycles. The van der Waals surface area contributed by atoms with Gasteiger partial charge >= 0.3 is 0 Å². The SMILES string of the molecule is CN(C(=O)c1cccc(OCc2ccccc2)c1)C1CCCNCC1. The molecule has 132 valence electrons. The molecule has 0 aromatic heterocycles.